The molecule has 1 aliphatic heterocycles. The van der Waals surface area contributed by atoms with E-state index in [1.165, 1.54) is 45.0 Å². The summed E-state index contributed by atoms with van der Waals surface area (Å²) in [5, 5.41) is 12.5. The summed E-state index contributed by atoms with van der Waals surface area (Å²) < 4.78 is 134. The van der Waals surface area contributed by atoms with Gasteiger partial charge in [-0.25, -0.2) is 17.6 Å². The first-order valence-electron chi connectivity index (χ1n) is 14.5. The number of anilines is 1. The zero-order valence-electron chi connectivity index (χ0n) is 26.5. The minimum atomic E-state index is -4.89. The molecule has 2 aromatic carbocycles. The van der Waals surface area contributed by atoms with Crippen LogP contribution in [0, 0.1) is 5.82 Å². The van der Waals surface area contributed by atoms with Crippen LogP contribution in [0.5, 0.6) is 5.88 Å². The van der Waals surface area contributed by atoms with Crippen molar-refractivity contribution >= 4 is 27.5 Å². The average molecular weight is 747 g/mol. The molecule has 1 atom stereocenters. The van der Waals surface area contributed by atoms with E-state index < -0.39 is 98.6 Å². The number of carbonyl (C=O) groups is 2. The van der Waals surface area contributed by atoms with Gasteiger partial charge in [-0.05, 0) is 38.5 Å². The Morgan fingerprint density at radius 3 is 2.33 bits per heavy atom. The van der Waals surface area contributed by atoms with E-state index in [4.69, 9.17) is 4.74 Å². The first-order valence-corrected chi connectivity index (χ1v) is 16.1. The summed E-state index contributed by atoms with van der Waals surface area (Å²) in [6.07, 6.45) is -9.79. The Morgan fingerprint density at radius 2 is 1.73 bits per heavy atom. The van der Waals surface area contributed by atoms with Gasteiger partial charge in [0, 0.05) is 22.8 Å². The van der Waals surface area contributed by atoms with E-state index in [9.17, 15) is 44.3 Å². The van der Waals surface area contributed by atoms with Crippen molar-refractivity contribution in [3.8, 4) is 28.4 Å². The normalized spacial score (nSPS) is 16.3. The van der Waals surface area contributed by atoms with Gasteiger partial charge >= 0.3 is 24.3 Å². The molecule has 0 unspecified atom stereocenters. The van der Waals surface area contributed by atoms with Gasteiger partial charge in [0.2, 0.25) is 11.7 Å². The van der Waals surface area contributed by atoms with Crippen LogP contribution in [0.25, 0.3) is 22.5 Å². The van der Waals surface area contributed by atoms with Gasteiger partial charge < -0.3 is 24.2 Å². The number of aromatic nitrogens is 4. The predicted octanol–water partition coefficient (Wildman–Crippen LogP) is 5.51. The predicted molar refractivity (Wildman–Crippen MR) is 160 cm³/mol. The van der Waals surface area contributed by atoms with E-state index in [0.717, 1.165) is 23.2 Å². The van der Waals surface area contributed by atoms with Gasteiger partial charge in [0.1, 0.15) is 17.5 Å². The van der Waals surface area contributed by atoms with Gasteiger partial charge in [-0.2, -0.15) is 36.4 Å². The fraction of sp³-hybridized carbons (Fsp3) is 0.333. The molecule has 3 heterocycles. The number of benzene rings is 2. The first-order chi connectivity index (χ1) is 23.6. The molecule has 51 heavy (non-hydrogen) atoms. The molecular weight excluding hydrogens is 721 g/mol. The Morgan fingerprint density at radius 1 is 1.04 bits per heavy atom. The van der Waals surface area contributed by atoms with Gasteiger partial charge in [0.15, 0.2) is 16.4 Å². The molecule has 0 radical (unpaired) electrons. The number of hydrogen-bond acceptors (Lipinski definition) is 11. The molecule has 0 saturated heterocycles. The van der Waals surface area contributed by atoms with Crippen molar-refractivity contribution in [1.82, 2.24) is 25.7 Å². The Balaban J connectivity index is 1.57. The maximum Gasteiger partial charge on any atom is 0.471 e. The number of nitrogens with zero attached hydrogens (tertiary/aromatic N) is 5. The van der Waals surface area contributed by atoms with E-state index in [-0.39, 0.29) is 22.4 Å². The Bertz CT molecular complexity index is 2060. The summed E-state index contributed by atoms with van der Waals surface area (Å²) >= 11 is 0. The molecule has 0 saturated carbocycles. The van der Waals surface area contributed by atoms with Crippen LogP contribution in [0.1, 0.15) is 32.2 Å². The van der Waals surface area contributed by atoms with Crippen molar-refractivity contribution < 1.29 is 62.7 Å². The van der Waals surface area contributed by atoms with Crippen LogP contribution in [0.4, 0.5) is 41.2 Å². The Hall–Kier alpha value is -5.34. The molecular formula is C30H25F7N6O7S. The molecule has 0 spiro atoms. The fourth-order valence-electron chi connectivity index (χ4n) is 4.75. The zero-order valence-corrected chi connectivity index (χ0v) is 27.3. The average Bonchev–Trinajstić information content (AvgIpc) is 3.50. The number of carbonyl (C=O) groups excluding carboxylic acids is 2. The summed E-state index contributed by atoms with van der Waals surface area (Å²) in [6, 6.07) is 6.08. The van der Waals surface area contributed by atoms with Crippen LogP contribution in [0.3, 0.4) is 0 Å². The maximum atomic E-state index is 15.7. The number of rotatable bonds is 7. The highest BCUT2D eigenvalue weighted by atomic mass is 32.2. The minimum absolute atomic E-state index is 0.0886. The van der Waals surface area contributed by atoms with Crippen LogP contribution in [-0.4, -0.2) is 70.9 Å². The highest BCUT2D eigenvalue weighted by Crippen LogP contribution is 2.38. The molecule has 2 amide bonds. The van der Waals surface area contributed by atoms with Gasteiger partial charge in [0.25, 0.3) is 5.91 Å². The number of ether oxygens (including phenoxy) is 2. The molecule has 4 aromatic rings. The van der Waals surface area contributed by atoms with E-state index in [1.54, 1.807) is 0 Å². The van der Waals surface area contributed by atoms with Crippen LogP contribution in [0.2, 0.25) is 0 Å². The number of alkyl carbamates (subject to hydrolysis) is 1. The smallest absolute Gasteiger partial charge is 0.467 e. The molecule has 0 aliphatic carbocycles. The lowest BCUT2D eigenvalue weighted by Gasteiger charge is -2.27. The molecule has 5 rings (SSSR count). The lowest BCUT2D eigenvalue weighted by Crippen LogP contribution is -2.51. The second kappa shape index (κ2) is 13.4. The topological polar surface area (TPSA) is 167 Å². The number of halogens is 7. The minimum Gasteiger partial charge on any atom is -0.467 e. The molecule has 0 fully saturated rings. The van der Waals surface area contributed by atoms with E-state index >= 15 is 4.39 Å². The van der Waals surface area contributed by atoms with Crippen LogP contribution < -0.4 is 15.0 Å². The van der Waals surface area contributed by atoms with Crippen LogP contribution >= 0.6 is 0 Å². The van der Waals surface area contributed by atoms with Crippen molar-refractivity contribution in [2.45, 2.75) is 56.2 Å². The monoisotopic (exact) mass is 746 g/mol. The quantitative estimate of drug-likeness (QED) is 0.237. The van der Waals surface area contributed by atoms with Gasteiger partial charge in [-0.3, -0.25) is 4.79 Å². The van der Waals surface area contributed by atoms with Gasteiger partial charge in [-0.1, -0.05) is 29.4 Å². The number of alkyl halides is 6. The highest BCUT2D eigenvalue weighted by Gasteiger charge is 2.41. The second-order valence-electron chi connectivity index (χ2n) is 12.0. The third kappa shape index (κ3) is 8.88. The summed E-state index contributed by atoms with van der Waals surface area (Å²) in [7, 11) is -4.55. The van der Waals surface area contributed by atoms with Crippen molar-refractivity contribution in [2.75, 3.05) is 17.3 Å². The highest BCUT2D eigenvalue weighted by molar-refractivity contribution is 7.91. The lowest BCUT2D eigenvalue weighted by molar-refractivity contribution is -0.159. The van der Waals surface area contributed by atoms with Crippen LogP contribution in [-0.2, 0) is 32.1 Å². The number of amides is 2. The van der Waals surface area contributed by atoms with Crippen LogP contribution in [0.15, 0.2) is 58.1 Å². The molecule has 0 bridgehead atoms. The molecule has 21 heteroatoms. The van der Waals surface area contributed by atoms with Crippen molar-refractivity contribution in [3.05, 3.63) is 65.9 Å². The molecule has 1 N–H and O–H groups in total. The fourth-order valence-corrected chi connectivity index (χ4v) is 6.36. The van der Waals surface area contributed by atoms with E-state index in [2.05, 4.69) is 34.9 Å². The number of sulfone groups is 1. The Kier molecular flexibility index (Phi) is 9.71. The van der Waals surface area contributed by atoms with Gasteiger partial charge in [0.05, 0.1) is 29.1 Å². The number of fused-ring (bicyclic) bond motifs is 1. The maximum absolute atomic E-state index is 15.7. The molecule has 272 valence electrons. The molecule has 2 aromatic heterocycles. The SMILES string of the molecule is CC(C)(C)OC(=O)N[C@H]1CS(=O)(=O)c2cc(F)c(-c3cnnc(OCC(F)(F)F)c3)cc2N(Cc2ccc(-c3noc(C(F)(F)F)n3)cc2)C1=O. The largest absolute Gasteiger partial charge is 0.471 e. The van der Waals surface area contributed by atoms with Gasteiger partial charge in [-0.15, -0.1) is 5.10 Å². The second-order valence-corrected chi connectivity index (χ2v) is 14.0. The summed E-state index contributed by atoms with van der Waals surface area (Å²) in [5.74, 6) is -5.78. The van der Waals surface area contributed by atoms with Crippen molar-refractivity contribution in [1.29, 1.82) is 0 Å². The van der Waals surface area contributed by atoms with Crippen molar-refractivity contribution in [2.24, 2.45) is 0 Å². The van der Waals surface area contributed by atoms with E-state index in [1.807, 2.05) is 0 Å². The third-order valence-corrected chi connectivity index (χ3v) is 8.63. The summed E-state index contributed by atoms with van der Waals surface area (Å²) in [4.78, 5) is 30.3. The summed E-state index contributed by atoms with van der Waals surface area (Å²) in [6.45, 7) is 2.41. The Labute approximate surface area is 283 Å². The number of hydrogen-bond donors (Lipinski definition) is 1. The summed E-state index contributed by atoms with van der Waals surface area (Å²) in [5.41, 5.74) is -1.66. The van der Waals surface area contributed by atoms with Crippen molar-refractivity contribution in [3.63, 3.8) is 0 Å². The standard InChI is InChI=1S/C30H25F7N6O7S/c1-28(2,3)49-27(45)39-20-13-51(46,47)22-10-19(31)18(17-8-23(41-38-11-17)48-14-29(32,33)34)9-21(22)43(25(20)44)12-15-4-6-16(7-5-15)24-40-26(50-42-24)30(35,36)37/h4-11,20H,12-14H2,1-3H3,(H,39,45)/t20-/m0/s1. The molecule has 13 nitrogen and oxygen atoms in total. The third-order valence-electron chi connectivity index (χ3n) is 6.86. The zero-order chi connectivity index (χ0) is 37.5. The molecule has 1 aliphatic rings. The van der Waals surface area contributed by atoms with E-state index in [0.29, 0.717) is 6.07 Å². The number of nitrogens with one attached hydrogen (secondary N) is 1. The first kappa shape index (κ1) is 36.9. The lowest BCUT2D eigenvalue weighted by atomic mass is 10.0.